The molecule has 1 aromatic carbocycles. The van der Waals surface area contributed by atoms with E-state index in [9.17, 15) is 0 Å². The fourth-order valence-electron chi connectivity index (χ4n) is 1.87. The lowest BCUT2D eigenvalue weighted by Gasteiger charge is -2.07. The Hall–Kier alpha value is -1.77. The molecule has 3 rings (SSSR count). The highest BCUT2D eigenvalue weighted by molar-refractivity contribution is 5.52. The van der Waals surface area contributed by atoms with Gasteiger partial charge in [-0.2, -0.15) is 0 Å². The van der Waals surface area contributed by atoms with Gasteiger partial charge in [-0.3, -0.25) is 0 Å². The normalized spacial score (nSPS) is 15.5. The highest BCUT2D eigenvalue weighted by Gasteiger charge is 2.24. The highest BCUT2D eigenvalue weighted by atomic mass is 15.0. The van der Waals surface area contributed by atoms with Gasteiger partial charge in [-0.25, -0.2) is 4.98 Å². The Kier molecular flexibility index (Phi) is 1.78. The van der Waals surface area contributed by atoms with Crippen LogP contribution in [0.1, 0.15) is 24.3 Å². The molecule has 1 aliphatic rings. The van der Waals surface area contributed by atoms with Crippen LogP contribution in [0, 0.1) is 0 Å². The summed E-state index contributed by atoms with van der Waals surface area (Å²) < 4.78 is 1.99. The Morgan fingerprint density at radius 1 is 1.27 bits per heavy atom. The SMILES string of the molecule is Nc1cc(C2CC2)cc(-n2ccnc2)c1. The molecular weight excluding hydrogens is 186 g/mol. The first-order valence-electron chi connectivity index (χ1n) is 5.22. The van der Waals surface area contributed by atoms with Crippen molar-refractivity contribution in [2.75, 3.05) is 5.73 Å². The molecule has 0 atom stereocenters. The second kappa shape index (κ2) is 3.12. The van der Waals surface area contributed by atoms with Gasteiger partial charge in [0.2, 0.25) is 0 Å². The largest absolute Gasteiger partial charge is 0.399 e. The summed E-state index contributed by atoms with van der Waals surface area (Å²) >= 11 is 0. The maximum atomic E-state index is 5.90. The third kappa shape index (κ3) is 1.61. The molecule has 1 saturated carbocycles. The molecule has 76 valence electrons. The Morgan fingerprint density at radius 2 is 2.13 bits per heavy atom. The van der Waals surface area contributed by atoms with Gasteiger partial charge in [0.1, 0.15) is 0 Å². The lowest BCUT2D eigenvalue weighted by Crippen LogP contribution is -1.95. The van der Waals surface area contributed by atoms with Gasteiger partial charge in [0.15, 0.2) is 0 Å². The zero-order valence-corrected chi connectivity index (χ0v) is 8.43. The average Bonchev–Trinajstić information content (AvgIpc) is 2.93. The molecule has 3 heteroatoms. The van der Waals surface area contributed by atoms with Crippen molar-refractivity contribution in [3.05, 3.63) is 42.5 Å². The lowest BCUT2D eigenvalue weighted by molar-refractivity contribution is 1.04. The molecule has 3 nitrogen and oxygen atoms in total. The molecule has 1 aliphatic carbocycles. The lowest BCUT2D eigenvalue weighted by atomic mass is 10.1. The van der Waals surface area contributed by atoms with Crippen molar-refractivity contribution < 1.29 is 0 Å². The minimum absolute atomic E-state index is 0.732. The molecule has 15 heavy (non-hydrogen) atoms. The summed E-state index contributed by atoms with van der Waals surface area (Å²) in [6.45, 7) is 0. The van der Waals surface area contributed by atoms with Crippen molar-refractivity contribution in [2.24, 2.45) is 0 Å². The van der Waals surface area contributed by atoms with Crippen molar-refractivity contribution in [3.8, 4) is 5.69 Å². The van der Waals surface area contributed by atoms with E-state index >= 15 is 0 Å². The highest BCUT2D eigenvalue weighted by Crippen LogP contribution is 2.41. The van der Waals surface area contributed by atoms with E-state index in [4.69, 9.17) is 5.73 Å². The van der Waals surface area contributed by atoms with Crippen LogP contribution in [0.4, 0.5) is 5.69 Å². The molecule has 2 N–H and O–H groups in total. The van der Waals surface area contributed by atoms with Crippen molar-refractivity contribution >= 4 is 5.69 Å². The van der Waals surface area contributed by atoms with E-state index in [0.29, 0.717) is 0 Å². The number of hydrogen-bond acceptors (Lipinski definition) is 2. The van der Waals surface area contributed by atoms with Crippen LogP contribution in [-0.2, 0) is 0 Å². The third-order valence-electron chi connectivity index (χ3n) is 2.81. The van der Waals surface area contributed by atoms with Crippen molar-refractivity contribution in [3.63, 3.8) is 0 Å². The number of rotatable bonds is 2. The summed E-state index contributed by atoms with van der Waals surface area (Å²) in [6.07, 6.45) is 8.11. The molecule has 1 heterocycles. The standard InChI is InChI=1S/C12H13N3/c13-11-5-10(9-1-2-9)6-12(7-11)15-4-3-14-8-15/h3-9H,1-2,13H2. The number of hydrogen-bond donors (Lipinski definition) is 1. The van der Waals surface area contributed by atoms with Crippen molar-refractivity contribution in [1.82, 2.24) is 9.55 Å². The summed E-state index contributed by atoms with van der Waals surface area (Å²) in [5, 5.41) is 0. The predicted octanol–water partition coefficient (Wildman–Crippen LogP) is 2.33. The van der Waals surface area contributed by atoms with Crippen LogP contribution in [0.5, 0.6) is 0 Å². The van der Waals surface area contributed by atoms with Crippen LogP contribution < -0.4 is 5.73 Å². The number of nitrogens with two attached hydrogens (primary N) is 1. The fraction of sp³-hybridized carbons (Fsp3) is 0.250. The van der Waals surface area contributed by atoms with Gasteiger partial charge in [0.25, 0.3) is 0 Å². The number of benzene rings is 1. The third-order valence-corrected chi connectivity index (χ3v) is 2.81. The summed E-state index contributed by atoms with van der Waals surface area (Å²) in [7, 11) is 0. The second-order valence-corrected chi connectivity index (χ2v) is 4.10. The van der Waals surface area contributed by atoms with E-state index in [1.165, 1.54) is 18.4 Å². The molecule has 0 amide bonds. The Bertz CT molecular complexity index is 470. The van der Waals surface area contributed by atoms with Gasteiger partial charge >= 0.3 is 0 Å². The zero-order valence-electron chi connectivity index (χ0n) is 8.43. The average molecular weight is 199 g/mol. The predicted molar refractivity (Wildman–Crippen MR) is 60.0 cm³/mol. The van der Waals surface area contributed by atoms with E-state index in [-0.39, 0.29) is 0 Å². The fourth-order valence-corrected chi connectivity index (χ4v) is 1.87. The summed E-state index contributed by atoms with van der Waals surface area (Å²) in [5.74, 6) is 0.732. The van der Waals surface area contributed by atoms with Crippen molar-refractivity contribution in [1.29, 1.82) is 0 Å². The summed E-state index contributed by atoms with van der Waals surface area (Å²) in [4.78, 5) is 4.04. The van der Waals surface area contributed by atoms with Crippen LogP contribution in [-0.4, -0.2) is 9.55 Å². The Balaban J connectivity index is 2.07. The minimum Gasteiger partial charge on any atom is -0.399 e. The summed E-state index contributed by atoms with van der Waals surface area (Å²) in [6, 6.07) is 6.27. The van der Waals surface area contributed by atoms with Crippen LogP contribution in [0.15, 0.2) is 36.9 Å². The molecule has 1 fully saturated rings. The summed E-state index contributed by atoms with van der Waals surface area (Å²) in [5.41, 5.74) is 9.20. The number of imidazole rings is 1. The van der Waals surface area contributed by atoms with Gasteiger partial charge in [-0.1, -0.05) is 0 Å². The molecule has 2 aromatic rings. The van der Waals surface area contributed by atoms with E-state index in [0.717, 1.165) is 17.3 Å². The maximum Gasteiger partial charge on any atom is 0.0991 e. The van der Waals surface area contributed by atoms with Crippen LogP contribution in [0.25, 0.3) is 5.69 Å². The van der Waals surface area contributed by atoms with Gasteiger partial charge in [-0.05, 0) is 42.5 Å². The first-order chi connectivity index (χ1) is 7.33. The maximum absolute atomic E-state index is 5.90. The van der Waals surface area contributed by atoms with Crippen LogP contribution >= 0.6 is 0 Å². The van der Waals surface area contributed by atoms with E-state index in [1.807, 2.05) is 16.8 Å². The van der Waals surface area contributed by atoms with E-state index < -0.39 is 0 Å². The van der Waals surface area contributed by atoms with Gasteiger partial charge < -0.3 is 10.3 Å². The number of nitrogens with zero attached hydrogens (tertiary/aromatic N) is 2. The molecule has 0 saturated heterocycles. The molecule has 0 unspecified atom stereocenters. The number of aromatic nitrogens is 2. The minimum atomic E-state index is 0.732. The molecule has 1 aromatic heterocycles. The van der Waals surface area contributed by atoms with Crippen molar-refractivity contribution in [2.45, 2.75) is 18.8 Å². The molecule has 0 bridgehead atoms. The monoisotopic (exact) mass is 199 g/mol. The Labute approximate surface area is 88.6 Å². The smallest absolute Gasteiger partial charge is 0.0991 e. The second-order valence-electron chi connectivity index (χ2n) is 4.10. The van der Waals surface area contributed by atoms with Gasteiger partial charge in [0, 0.05) is 23.8 Å². The van der Waals surface area contributed by atoms with E-state index in [1.54, 1.807) is 12.5 Å². The molecular formula is C12H13N3. The quantitative estimate of drug-likeness (QED) is 0.754. The van der Waals surface area contributed by atoms with Crippen LogP contribution in [0.3, 0.4) is 0 Å². The van der Waals surface area contributed by atoms with E-state index in [2.05, 4.69) is 17.1 Å². The van der Waals surface area contributed by atoms with Gasteiger partial charge in [0.05, 0.1) is 6.33 Å². The molecule has 0 radical (unpaired) electrons. The topological polar surface area (TPSA) is 43.8 Å². The molecule has 0 spiro atoms. The Morgan fingerprint density at radius 3 is 2.80 bits per heavy atom. The number of anilines is 1. The number of nitrogen functional groups attached to an aromatic ring is 1. The zero-order chi connectivity index (χ0) is 10.3. The van der Waals surface area contributed by atoms with Crippen LogP contribution in [0.2, 0.25) is 0 Å². The van der Waals surface area contributed by atoms with Gasteiger partial charge in [-0.15, -0.1) is 0 Å². The molecule has 0 aliphatic heterocycles. The first-order valence-corrected chi connectivity index (χ1v) is 5.22. The first kappa shape index (κ1) is 8.53.